The van der Waals surface area contributed by atoms with Gasteiger partial charge in [0.2, 0.25) is 5.88 Å². The highest BCUT2D eigenvalue weighted by Crippen LogP contribution is 2.34. The van der Waals surface area contributed by atoms with Crippen LogP contribution in [0.15, 0.2) is 9.59 Å². The normalized spacial score (nSPS) is 23.5. The molecule has 1 heterocycles. The summed E-state index contributed by atoms with van der Waals surface area (Å²) >= 11 is 0. The second-order valence-corrected chi connectivity index (χ2v) is 5.37. The number of aromatic nitrogens is 2. The summed E-state index contributed by atoms with van der Waals surface area (Å²) in [5.74, 6) is 0.582. The van der Waals surface area contributed by atoms with Crippen molar-refractivity contribution in [3.05, 3.63) is 26.4 Å². The highest BCUT2D eigenvalue weighted by atomic mass is 16.3. The molecule has 1 saturated carbocycles. The van der Waals surface area contributed by atoms with E-state index in [1.54, 1.807) is 6.92 Å². The van der Waals surface area contributed by atoms with Crippen molar-refractivity contribution in [3.63, 3.8) is 0 Å². The van der Waals surface area contributed by atoms with Crippen molar-refractivity contribution in [1.29, 1.82) is 0 Å². The molecular formula is C14H22N2O3. The standard InChI is InChI=1S/C14H22N2O3/c1-3-9-5-7-10(8-6-9)16-13(18)11(4-2)12(17)15-14(16)19/h9-10,18H,3-8H2,1-2H3,(H,15,17,19). The van der Waals surface area contributed by atoms with Crippen molar-refractivity contribution in [2.24, 2.45) is 5.92 Å². The highest BCUT2D eigenvalue weighted by molar-refractivity contribution is 5.23. The third-order valence-electron chi connectivity index (χ3n) is 4.32. The van der Waals surface area contributed by atoms with Crippen LogP contribution in [0.5, 0.6) is 5.88 Å². The number of aromatic amines is 1. The Labute approximate surface area is 112 Å². The number of aromatic hydroxyl groups is 1. The zero-order chi connectivity index (χ0) is 14.0. The van der Waals surface area contributed by atoms with Crippen LogP contribution in [0.2, 0.25) is 0 Å². The van der Waals surface area contributed by atoms with E-state index in [4.69, 9.17) is 0 Å². The maximum atomic E-state index is 11.9. The lowest BCUT2D eigenvalue weighted by Crippen LogP contribution is -2.35. The van der Waals surface area contributed by atoms with Gasteiger partial charge in [0, 0.05) is 6.04 Å². The first-order valence-corrected chi connectivity index (χ1v) is 7.15. The smallest absolute Gasteiger partial charge is 0.331 e. The van der Waals surface area contributed by atoms with Crippen LogP contribution in [0.1, 0.15) is 57.6 Å². The van der Waals surface area contributed by atoms with E-state index in [1.165, 1.54) is 11.0 Å². The molecule has 5 nitrogen and oxygen atoms in total. The second-order valence-electron chi connectivity index (χ2n) is 5.37. The van der Waals surface area contributed by atoms with Gasteiger partial charge >= 0.3 is 5.69 Å². The second kappa shape index (κ2) is 5.63. The molecule has 0 bridgehead atoms. The lowest BCUT2D eigenvalue weighted by atomic mass is 9.84. The summed E-state index contributed by atoms with van der Waals surface area (Å²) < 4.78 is 1.38. The van der Waals surface area contributed by atoms with Crippen molar-refractivity contribution >= 4 is 0 Å². The van der Waals surface area contributed by atoms with Gasteiger partial charge in [-0.25, -0.2) is 4.79 Å². The van der Waals surface area contributed by atoms with Gasteiger partial charge in [-0.3, -0.25) is 14.3 Å². The Hall–Kier alpha value is -1.52. The summed E-state index contributed by atoms with van der Waals surface area (Å²) in [4.78, 5) is 25.8. The van der Waals surface area contributed by atoms with Crippen LogP contribution in [0.4, 0.5) is 0 Å². The Morgan fingerprint density at radius 3 is 2.37 bits per heavy atom. The zero-order valence-electron chi connectivity index (χ0n) is 11.6. The Morgan fingerprint density at radius 1 is 1.21 bits per heavy atom. The van der Waals surface area contributed by atoms with Crippen molar-refractivity contribution in [3.8, 4) is 5.88 Å². The molecule has 2 rings (SSSR count). The van der Waals surface area contributed by atoms with Gasteiger partial charge in [-0.05, 0) is 38.0 Å². The van der Waals surface area contributed by atoms with Gasteiger partial charge in [0.15, 0.2) is 0 Å². The third-order valence-corrected chi connectivity index (χ3v) is 4.32. The number of H-pyrrole nitrogens is 1. The minimum atomic E-state index is -0.486. The molecular weight excluding hydrogens is 244 g/mol. The van der Waals surface area contributed by atoms with Gasteiger partial charge in [0.05, 0.1) is 5.56 Å². The van der Waals surface area contributed by atoms with Crippen molar-refractivity contribution in [1.82, 2.24) is 9.55 Å². The summed E-state index contributed by atoms with van der Waals surface area (Å²) in [6.45, 7) is 3.98. The topological polar surface area (TPSA) is 75.1 Å². The van der Waals surface area contributed by atoms with Gasteiger partial charge in [-0.1, -0.05) is 20.3 Å². The van der Waals surface area contributed by atoms with Crippen molar-refractivity contribution in [2.45, 2.75) is 58.4 Å². The van der Waals surface area contributed by atoms with E-state index in [-0.39, 0.29) is 11.9 Å². The largest absolute Gasteiger partial charge is 0.494 e. The maximum Gasteiger partial charge on any atom is 0.331 e. The molecule has 1 aliphatic carbocycles. The fourth-order valence-corrected chi connectivity index (χ4v) is 3.04. The molecule has 0 amide bonds. The fraction of sp³-hybridized carbons (Fsp3) is 0.714. The number of nitrogens with zero attached hydrogens (tertiary/aromatic N) is 1. The molecule has 1 aromatic heterocycles. The van der Waals surface area contributed by atoms with Crippen LogP contribution in [0.25, 0.3) is 0 Å². The first-order chi connectivity index (χ1) is 9.08. The lowest BCUT2D eigenvalue weighted by Gasteiger charge is -2.29. The van der Waals surface area contributed by atoms with Crippen LogP contribution in [-0.2, 0) is 6.42 Å². The maximum absolute atomic E-state index is 11.9. The molecule has 2 N–H and O–H groups in total. The summed E-state index contributed by atoms with van der Waals surface area (Å²) in [6.07, 6.45) is 5.52. The predicted molar refractivity (Wildman–Crippen MR) is 73.7 cm³/mol. The number of rotatable bonds is 3. The van der Waals surface area contributed by atoms with E-state index in [1.807, 2.05) is 0 Å². The molecule has 0 radical (unpaired) electrons. The molecule has 0 spiro atoms. The number of hydrogen-bond donors (Lipinski definition) is 2. The quantitative estimate of drug-likeness (QED) is 0.878. The number of hydrogen-bond acceptors (Lipinski definition) is 3. The molecule has 1 aliphatic rings. The Bertz CT molecular complexity index is 551. The Balaban J connectivity index is 2.36. The Morgan fingerprint density at radius 2 is 1.84 bits per heavy atom. The van der Waals surface area contributed by atoms with Crippen molar-refractivity contribution in [2.75, 3.05) is 0 Å². The first-order valence-electron chi connectivity index (χ1n) is 7.15. The van der Waals surface area contributed by atoms with Crippen LogP contribution in [0.3, 0.4) is 0 Å². The molecule has 0 aliphatic heterocycles. The van der Waals surface area contributed by atoms with Crippen LogP contribution >= 0.6 is 0 Å². The van der Waals surface area contributed by atoms with E-state index in [2.05, 4.69) is 11.9 Å². The summed E-state index contributed by atoms with van der Waals surface area (Å²) in [5.41, 5.74) is -0.652. The molecule has 0 saturated heterocycles. The number of nitrogens with one attached hydrogen (secondary N) is 1. The minimum absolute atomic E-state index is 0.0115. The van der Waals surface area contributed by atoms with Crippen LogP contribution in [-0.4, -0.2) is 14.7 Å². The van der Waals surface area contributed by atoms with E-state index in [0.29, 0.717) is 12.0 Å². The highest BCUT2D eigenvalue weighted by Gasteiger charge is 2.25. The fourth-order valence-electron chi connectivity index (χ4n) is 3.04. The Kier molecular flexibility index (Phi) is 4.12. The first kappa shape index (κ1) is 13.9. The van der Waals surface area contributed by atoms with Crippen LogP contribution in [0, 0.1) is 5.92 Å². The lowest BCUT2D eigenvalue weighted by molar-refractivity contribution is 0.244. The molecule has 0 atom stereocenters. The van der Waals surface area contributed by atoms with Gasteiger partial charge in [-0.15, -0.1) is 0 Å². The third kappa shape index (κ3) is 2.60. The summed E-state index contributed by atoms with van der Waals surface area (Å²) in [5, 5.41) is 10.2. The van der Waals surface area contributed by atoms with Gasteiger partial charge in [0.25, 0.3) is 5.56 Å². The van der Waals surface area contributed by atoms with Crippen LogP contribution < -0.4 is 11.2 Å². The molecule has 5 heteroatoms. The van der Waals surface area contributed by atoms with E-state index >= 15 is 0 Å². The van der Waals surface area contributed by atoms with E-state index in [0.717, 1.165) is 31.6 Å². The summed E-state index contributed by atoms with van der Waals surface area (Å²) in [7, 11) is 0. The van der Waals surface area contributed by atoms with Gasteiger partial charge in [-0.2, -0.15) is 0 Å². The molecule has 1 aromatic rings. The predicted octanol–water partition coefficient (Wildman–Crippen LogP) is 1.95. The molecule has 106 valence electrons. The average Bonchev–Trinajstić information content (AvgIpc) is 2.39. The van der Waals surface area contributed by atoms with Crippen molar-refractivity contribution < 1.29 is 5.11 Å². The zero-order valence-corrected chi connectivity index (χ0v) is 11.6. The molecule has 0 unspecified atom stereocenters. The monoisotopic (exact) mass is 266 g/mol. The minimum Gasteiger partial charge on any atom is -0.494 e. The van der Waals surface area contributed by atoms with E-state index in [9.17, 15) is 14.7 Å². The molecule has 1 fully saturated rings. The SMILES string of the molecule is CCc1c(O)n(C2CCC(CC)CC2)c(=O)[nH]c1=O. The summed E-state index contributed by atoms with van der Waals surface area (Å²) in [6, 6.07) is 0.0115. The molecule has 19 heavy (non-hydrogen) atoms. The van der Waals surface area contributed by atoms with Gasteiger partial charge in [0.1, 0.15) is 0 Å². The average molecular weight is 266 g/mol. The van der Waals surface area contributed by atoms with E-state index < -0.39 is 11.2 Å². The van der Waals surface area contributed by atoms with Gasteiger partial charge < -0.3 is 5.11 Å². The molecule has 0 aromatic carbocycles.